The van der Waals surface area contributed by atoms with Gasteiger partial charge < -0.3 is 24.8 Å². The predicted molar refractivity (Wildman–Crippen MR) is 178 cm³/mol. The summed E-state index contributed by atoms with van der Waals surface area (Å²) in [7, 11) is 3.83. The lowest BCUT2D eigenvalue weighted by Gasteiger charge is -2.28. The van der Waals surface area contributed by atoms with E-state index in [9.17, 15) is 24.2 Å². The predicted octanol–water partition coefficient (Wildman–Crippen LogP) is 6.22. The third-order valence-electron chi connectivity index (χ3n) is 7.85. The van der Waals surface area contributed by atoms with Gasteiger partial charge in [-0.15, -0.1) is 0 Å². The summed E-state index contributed by atoms with van der Waals surface area (Å²) < 4.78 is 16.2. The van der Waals surface area contributed by atoms with Gasteiger partial charge >= 0.3 is 5.97 Å². The Morgan fingerprint density at radius 3 is 1.98 bits per heavy atom. The van der Waals surface area contributed by atoms with Crippen LogP contribution in [0.15, 0.2) is 84.9 Å². The van der Waals surface area contributed by atoms with Crippen LogP contribution in [-0.4, -0.2) is 74.5 Å². The topological polar surface area (TPSA) is 106 Å². The fraction of sp³-hybridized carbons (Fsp3) is 0.351. The number of nitrogens with zero attached hydrogens (tertiary/aromatic N) is 3. The fourth-order valence-electron chi connectivity index (χ4n) is 5.98. The number of hydrogen-bond acceptors (Lipinski definition) is 5. The number of carbonyl (C=O) groups is 2. The number of carboxylic acids is 1. The lowest BCUT2D eigenvalue weighted by Crippen LogP contribution is -2.39. The molecule has 4 aromatic rings. The highest BCUT2D eigenvalue weighted by molar-refractivity contribution is 6.05. The summed E-state index contributed by atoms with van der Waals surface area (Å²) in [4.78, 5) is 29.8. The Kier molecular flexibility index (Phi) is 11.9. The normalized spacial score (nSPS) is 12.8. The summed E-state index contributed by atoms with van der Waals surface area (Å²) in [6.07, 6.45) is -2.17. The smallest absolute Gasteiger partial charge is 0.305 e. The first-order valence-electron chi connectivity index (χ1n) is 15.6. The highest BCUT2D eigenvalue weighted by Crippen LogP contribution is 2.43. The van der Waals surface area contributed by atoms with E-state index in [-0.39, 0.29) is 30.6 Å². The van der Waals surface area contributed by atoms with Gasteiger partial charge in [0.2, 0.25) is 0 Å². The Morgan fingerprint density at radius 2 is 1.41 bits per heavy atom. The molecule has 1 amide bonds. The number of benzene rings is 3. The lowest BCUT2D eigenvalue weighted by molar-refractivity contribution is -0.139. The molecule has 4 rings (SSSR count). The summed E-state index contributed by atoms with van der Waals surface area (Å²) in [6.45, 7) is 4.76. The van der Waals surface area contributed by atoms with Crippen molar-refractivity contribution in [2.45, 2.75) is 64.3 Å². The first-order chi connectivity index (χ1) is 22.0. The van der Waals surface area contributed by atoms with Gasteiger partial charge in [0.15, 0.2) is 0 Å². The van der Waals surface area contributed by atoms with Crippen LogP contribution in [0.3, 0.4) is 0 Å². The molecule has 0 radical (unpaired) electrons. The van der Waals surface area contributed by atoms with Crippen molar-refractivity contribution < 1.29 is 29.3 Å². The maximum atomic E-state index is 14.9. The van der Waals surface area contributed by atoms with Crippen molar-refractivity contribution in [3.8, 4) is 22.3 Å². The summed E-state index contributed by atoms with van der Waals surface area (Å²) in [6, 6.07) is 25.5. The first kappa shape index (κ1) is 34.6. The van der Waals surface area contributed by atoms with Gasteiger partial charge in [0.05, 0.1) is 25.3 Å². The van der Waals surface area contributed by atoms with Crippen molar-refractivity contribution in [2.75, 3.05) is 20.8 Å². The van der Waals surface area contributed by atoms with E-state index >= 15 is 0 Å². The fourth-order valence-corrected chi connectivity index (χ4v) is 5.98. The Hall–Kier alpha value is -4.31. The van der Waals surface area contributed by atoms with Crippen LogP contribution in [-0.2, 0) is 17.8 Å². The zero-order chi connectivity index (χ0) is 33.4. The third-order valence-corrected chi connectivity index (χ3v) is 7.85. The minimum atomic E-state index is -1.18. The van der Waals surface area contributed by atoms with Crippen molar-refractivity contribution in [3.05, 3.63) is 108 Å². The van der Waals surface area contributed by atoms with E-state index in [4.69, 9.17) is 5.11 Å². The van der Waals surface area contributed by atoms with Gasteiger partial charge in [-0.2, -0.15) is 0 Å². The molecule has 0 saturated carbocycles. The van der Waals surface area contributed by atoms with E-state index in [1.165, 1.54) is 12.1 Å². The summed E-state index contributed by atoms with van der Waals surface area (Å²) >= 11 is 0. The Morgan fingerprint density at radius 1 is 0.826 bits per heavy atom. The molecule has 0 spiro atoms. The molecule has 9 heteroatoms. The monoisotopic (exact) mass is 629 g/mol. The van der Waals surface area contributed by atoms with Gasteiger partial charge in [0.1, 0.15) is 11.5 Å². The highest BCUT2D eigenvalue weighted by Gasteiger charge is 2.33. The van der Waals surface area contributed by atoms with Crippen LogP contribution in [0.25, 0.3) is 22.3 Å². The number of carbonyl (C=O) groups excluding carboxylic acids is 1. The van der Waals surface area contributed by atoms with Gasteiger partial charge in [-0.05, 0) is 76.0 Å². The minimum Gasteiger partial charge on any atom is -0.481 e. The summed E-state index contributed by atoms with van der Waals surface area (Å²) in [5.74, 6) is -1.69. The zero-order valence-electron chi connectivity index (χ0n) is 26.9. The van der Waals surface area contributed by atoms with Gasteiger partial charge in [0.25, 0.3) is 5.91 Å². The van der Waals surface area contributed by atoms with Gasteiger partial charge in [-0.25, -0.2) is 4.39 Å². The van der Waals surface area contributed by atoms with E-state index in [1.807, 2.05) is 103 Å². The zero-order valence-corrected chi connectivity index (χ0v) is 26.9. The molecule has 2 unspecified atom stereocenters. The van der Waals surface area contributed by atoms with Crippen LogP contribution < -0.4 is 0 Å². The summed E-state index contributed by atoms with van der Waals surface area (Å²) in [5.41, 5.74) is 5.32. The molecule has 0 bridgehead atoms. The average Bonchev–Trinajstić information content (AvgIpc) is 3.35. The van der Waals surface area contributed by atoms with Gasteiger partial charge in [-0.1, -0.05) is 72.8 Å². The van der Waals surface area contributed by atoms with Gasteiger partial charge in [0, 0.05) is 29.4 Å². The molecule has 0 aliphatic heterocycles. The minimum absolute atomic E-state index is 0.0917. The second-order valence-electron chi connectivity index (χ2n) is 12.3. The van der Waals surface area contributed by atoms with Crippen molar-refractivity contribution in [1.29, 1.82) is 0 Å². The molecule has 1 aromatic heterocycles. The molecule has 1 heterocycles. The Balaban J connectivity index is 1.94. The largest absolute Gasteiger partial charge is 0.481 e. The maximum Gasteiger partial charge on any atom is 0.305 e. The summed E-state index contributed by atoms with van der Waals surface area (Å²) in [5, 5.41) is 30.1. The Bertz CT molecular complexity index is 1590. The number of amides is 1. The van der Waals surface area contributed by atoms with Crippen molar-refractivity contribution in [2.24, 2.45) is 0 Å². The molecule has 2 atom stereocenters. The molecule has 0 fully saturated rings. The third kappa shape index (κ3) is 8.69. The number of aliphatic carboxylic acids is 1. The number of carboxylic acid groups (broad SMARTS) is 1. The van der Waals surface area contributed by atoms with E-state index in [0.29, 0.717) is 25.3 Å². The highest BCUT2D eigenvalue weighted by atomic mass is 19.1. The van der Waals surface area contributed by atoms with Gasteiger partial charge in [-0.3, -0.25) is 14.5 Å². The van der Waals surface area contributed by atoms with Crippen LogP contribution in [0.2, 0.25) is 0 Å². The second-order valence-corrected chi connectivity index (χ2v) is 12.3. The van der Waals surface area contributed by atoms with Crippen LogP contribution in [0.1, 0.15) is 60.9 Å². The number of aliphatic hydroxyl groups excluding tert-OH is 2. The van der Waals surface area contributed by atoms with Crippen LogP contribution in [0.5, 0.6) is 0 Å². The molecule has 3 N–H and O–H groups in total. The van der Waals surface area contributed by atoms with Crippen LogP contribution in [0.4, 0.5) is 4.39 Å². The van der Waals surface area contributed by atoms with E-state index in [0.717, 1.165) is 33.5 Å². The quantitative estimate of drug-likeness (QED) is 0.135. The lowest BCUT2D eigenvalue weighted by atomic mass is 9.92. The molecule has 8 nitrogen and oxygen atoms in total. The molecule has 0 aliphatic rings. The van der Waals surface area contributed by atoms with Crippen molar-refractivity contribution >= 4 is 11.9 Å². The first-order valence-corrected chi connectivity index (χ1v) is 15.6. The standard InChI is InChI=1S/C37H44FN3O5/c1-25(2)41-32(20-19-30(42)21-31(43)22-33(44)45)34(28-15-17-29(38)18-16-28)35(27-13-9-6-10-14-27)36(41)37(46)40(24-39(3)4)23-26-11-7-5-8-12-26/h5-18,25,30-31,42-43H,19-24H2,1-4H3,(H,44,45). The van der Waals surface area contributed by atoms with Crippen LogP contribution >= 0.6 is 0 Å². The number of aromatic nitrogens is 1. The Labute approximate surface area is 270 Å². The molecular formula is C37H44FN3O5. The van der Waals surface area contributed by atoms with E-state index in [2.05, 4.69) is 0 Å². The number of hydrogen-bond donors (Lipinski definition) is 3. The molecule has 244 valence electrons. The maximum absolute atomic E-state index is 14.9. The molecule has 3 aromatic carbocycles. The molecule has 0 aliphatic carbocycles. The van der Waals surface area contributed by atoms with E-state index < -0.39 is 24.6 Å². The molecule has 0 saturated heterocycles. The van der Waals surface area contributed by atoms with Crippen molar-refractivity contribution in [1.82, 2.24) is 14.4 Å². The number of aliphatic hydroxyl groups is 2. The van der Waals surface area contributed by atoms with E-state index in [1.54, 1.807) is 12.1 Å². The molecule has 46 heavy (non-hydrogen) atoms. The number of rotatable bonds is 15. The second kappa shape index (κ2) is 15.8. The SMILES string of the molecule is CC(C)n1c(CCC(O)CC(O)CC(=O)O)c(-c2ccc(F)cc2)c(-c2ccccc2)c1C(=O)N(Cc1ccccc1)CN(C)C. The average molecular weight is 630 g/mol. The van der Waals surface area contributed by atoms with Crippen molar-refractivity contribution in [3.63, 3.8) is 0 Å². The van der Waals surface area contributed by atoms with Crippen LogP contribution in [0, 0.1) is 5.82 Å². The number of halogens is 1. The molecular weight excluding hydrogens is 585 g/mol.